The molecule has 1 aliphatic carbocycles. The number of ether oxygens (including phenoxy) is 3. The highest BCUT2D eigenvalue weighted by molar-refractivity contribution is 6.04. The first-order valence-electron chi connectivity index (χ1n) is 16.7. The van der Waals surface area contributed by atoms with Gasteiger partial charge in [-0.05, 0) is 56.2 Å². The lowest BCUT2D eigenvalue weighted by atomic mass is 9.95. The molecule has 0 unspecified atom stereocenters. The summed E-state index contributed by atoms with van der Waals surface area (Å²) in [6, 6.07) is 6.02. The minimum absolute atomic E-state index is 0.0106. The fraction of sp³-hybridized carbons (Fsp3) is 0.472. The van der Waals surface area contributed by atoms with Gasteiger partial charge >= 0.3 is 6.01 Å². The number of phenolic OH excluding ortho intramolecular Hbond substituents is 1. The third-order valence-electron chi connectivity index (χ3n) is 10.7. The second kappa shape index (κ2) is 11.1. The highest BCUT2D eigenvalue weighted by atomic mass is 19.1. The van der Waals surface area contributed by atoms with Gasteiger partial charge in [0.1, 0.15) is 40.6 Å². The van der Waals surface area contributed by atoms with Crippen LogP contribution in [0.5, 0.6) is 17.6 Å². The molecular formula is C36H36F2N6O4. The summed E-state index contributed by atoms with van der Waals surface area (Å²) in [5.41, 5.74) is -0.100. The summed E-state index contributed by atoms with van der Waals surface area (Å²) >= 11 is 0. The van der Waals surface area contributed by atoms with Crippen LogP contribution in [0, 0.1) is 29.4 Å². The summed E-state index contributed by atoms with van der Waals surface area (Å²) in [5, 5.41) is 15.4. The van der Waals surface area contributed by atoms with Gasteiger partial charge in [-0.2, -0.15) is 9.97 Å². The number of fused-ring (bicyclic) bond motifs is 6. The average Bonchev–Trinajstić information content (AvgIpc) is 3.76. The summed E-state index contributed by atoms with van der Waals surface area (Å²) in [4.78, 5) is 18.9. The predicted molar refractivity (Wildman–Crippen MR) is 175 cm³/mol. The van der Waals surface area contributed by atoms with Crippen LogP contribution >= 0.6 is 0 Å². The van der Waals surface area contributed by atoms with Crippen molar-refractivity contribution in [2.24, 2.45) is 5.41 Å². The predicted octanol–water partition coefficient (Wildman–Crippen LogP) is 4.39. The molecule has 2 aromatic carbocycles. The number of hydrogen-bond donors (Lipinski definition) is 2. The fourth-order valence-electron chi connectivity index (χ4n) is 8.16. The molecule has 2 aromatic heterocycles. The van der Waals surface area contributed by atoms with Crippen molar-refractivity contribution in [1.82, 2.24) is 25.2 Å². The first kappa shape index (κ1) is 29.8. The third-order valence-corrected chi connectivity index (χ3v) is 10.7. The molecule has 4 aliphatic heterocycles. The maximum atomic E-state index is 17.1. The summed E-state index contributed by atoms with van der Waals surface area (Å²) in [6.45, 7) is 6.85. The van der Waals surface area contributed by atoms with Gasteiger partial charge in [0, 0.05) is 54.6 Å². The van der Waals surface area contributed by atoms with E-state index < -0.39 is 11.6 Å². The zero-order valence-corrected chi connectivity index (χ0v) is 26.6. The summed E-state index contributed by atoms with van der Waals surface area (Å²) in [7, 11) is 0. The first-order chi connectivity index (χ1) is 23.3. The zero-order valence-electron chi connectivity index (χ0n) is 26.6. The number of morpholine rings is 1. The normalized spacial score (nSPS) is 25.8. The Hall–Kier alpha value is -4.31. The molecule has 12 heteroatoms. The standard InChI is InChI=1S/C36H36F2N6O4/c1-3-23-25(37)6-4-20-12-22(45)13-24(28(20)23)31-30(38)32-29-33(44-15-21-5-7-26(39-21)27(44)16-47-34(29)40-31)42-35(41-32)48-18-36(8-9-36)17-43-10-11-46-19(2)14-43/h1,4,6,12-13,19,21,26-27,39,45H,5,7-11,14-18H2,2H3/t19-,21-,26+,27-/m1/s1. The highest BCUT2D eigenvalue weighted by Gasteiger charge is 2.47. The van der Waals surface area contributed by atoms with Gasteiger partial charge in [0.05, 0.1) is 30.9 Å². The number of nitrogens with zero attached hydrogens (tertiary/aromatic N) is 5. The number of hydrogen-bond acceptors (Lipinski definition) is 10. The van der Waals surface area contributed by atoms with Crippen LogP contribution in [0.15, 0.2) is 24.3 Å². The van der Waals surface area contributed by atoms with E-state index in [1.54, 1.807) is 0 Å². The number of anilines is 1. The van der Waals surface area contributed by atoms with E-state index >= 15 is 4.39 Å². The summed E-state index contributed by atoms with van der Waals surface area (Å²) < 4.78 is 50.5. The quantitative estimate of drug-likeness (QED) is 0.291. The van der Waals surface area contributed by atoms with Gasteiger partial charge in [0.2, 0.25) is 5.88 Å². The highest BCUT2D eigenvalue weighted by Crippen LogP contribution is 2.48. The van der Waals surface area contributed by atoms with Crippen molar-refractivity contribution in [3.63, 3.8) is 0 Å². The van der Waals surface area contributed by atoms with E-state index in [1.165, 1.54) is 24.3 Å². The molecule has 6 heterocycles. The Kier molecular flexibility index (Phi) is 6.90. The molecule has 3 saturated heterocycles. The Morgan fingerprint density at radius 2 is 2.02 bits per heavy atom. The number of terminal acetylenes is 1. The Bertz CT molecular complexity index is 2020. The maximum Gasteiger partial charge on any atom is 0.319 e. The van der Waals surface area contributed by atoms with Crippen LogP contribution in [0.3, 0.4) is 0 Å². The smallest absolute Gasteiger partial charge is 0.319 e. The molecule has 1 saturated carbocycles. The number of pyridine rings is 1. The lowest BCUT2D eigenvalue weighted by molar-refractivity contribution is -0.0273. The van der Waals surface area contributed by atoms with Crippen LogP contribution in [0.2, 0.25) is 0 Å². The number of halogens is 2. The number of nitrogens with one attached hydrogen (secondary N) is 1. The van der Waals surface area contributed by atoms with Crippen LogP contribution in [-0.4, -0.2) is 95.2 Å². The molecule has 0 amide bonds. The molecule has 248 valence electrons. The van der Waals surface area contributed by atoms with Gasteiger partial charge in [-0.25, -0.2) is 13.8 Å². The van der Waals surface area contributed by atoms with E-state index in [1.807, 2.05) is 0 Å². The van der Waals surface area contributed by atoms with E-state index in [0.717, 1.165) is 45.3 Å². The largest absolute Gasteiger partial charge is 0.508 e. The minimum Gasteiger partial charge on any atom is -0.508 e. The molecule has 10 nitrogen and oxygen atoms in total. The fourth-order valence-corrected chi connectivity index (χ4v) is 8.16. The van der Waals surface area contributed by atoms with Gasteiger partial charge < -0.3 is 29.5 Å². The van der Waals surface area contributed by atoms with E-state index in [0.29, 0.717) is 43.0 Å². The Morgan fingerprint density at radius 1 is 1.15 bits per heavy atom. The van der Waals surface area contributed by atoms with Crippen molar-refractivity contribution in [1.29, 1.82) is 0 Å². The number of rotatable bonds is 6. The van der Waals surface area contributed by atoms with E-state index in [4.69, 9.17) is 30.6 Å². The van der Waals surface area contributed by atoms with Crippen LogP contribution < -0.4 is 19.7 Å². The average molecular weight is 655 g/mol. The van der Waals surface area contributed by atoms with E-state index in [9.17, 15) is 9.50 Å². The lowest BCUT2D eigenvalue weighted by Gasteiger charge is -2.40. The molecular weight excluding hydrogens is 618 g/mol. The monoisotopic (exact) mass is 654 g/mol. The topological polar surface area (TPSA) is 105 Å². The molecule has 4 fully saturated rings. The molecule has 5 aliphatic rings. The molecule has 4 atom stereocenters. The van der Waals surface area contributed by atoms with Crippen molar-refractivity contribution in [3.8, 4) is 41.2 Å². The summed E-state index contributed by atoms with van der Waals surface area (Å²) in [6.07, 6.45) is 10.0. The van der Waals surface area contributed by atoms with Crippen LogP contribution in [-0.2, 0) is 4.74 Å². The van der Waals surface area contributed by atoms with Gasteiger partial charge in [0.15, 0.2) is 5.82 Å². The minimum atomic E-state index is -0.759. The number of phenols is 1. The zero-order chi connectivity index (χ0) is 32.7. The molecule has 9 rings (SSSR count). The number of aromatic hydroxyl groups is 1. The van der Waals surface area contributed by atoms with Crippen molar-refractivity contribution in [2.75, 3.05) is 50.9 Å². The number of benzene rings is 2. The summed E-state index contributed by atoms with van der Waals surface area (Å²) in [5.74, 6) is 1.57. The van der Waals surface area contributed by atoms with Crippen LogP contribution in [0.25, 0.3) is 32.9 Å². The van der Waals surface area contributed by atoms with Crippen LogP contribution in [0.4, 0.5) is 14.6 Å². The number of aromatic nitrogens is 3. The molecule has 2 bridgehead atoms. The van der Waals surface area contributed by atoms with E-state index in [2.05, 4.69) is 32.9 Å². The van der Waals surface area contributed by atoms with Gasteiger partial charge in [-0.15, -0.1) is 6.42 Å². The second-order valence-corrected chi connectivity index (χ2v) is 14.1. The lowest BCUT2D eigenvalue weighted by Crippen LogP contribution is -2.60. The Balaban J connectivity index is 1.18. The van der Waals surface area contributed by atoms with Gasteiger partial charge in [0.25, 0.3) is 0 Å². The van der Waals surface area contributed by atoms with Gasteiger partial charge in [-0.1, -0.05) is 12.0 Å². The van der Waals surface area contributed by atoms with Crippen molar-refractivity contribution in [2.45, 2.75) is 56.8 Å². The Morgan fingerprint density at radius 3 is 2.83 bits per heavy atom. The van der Waals surface area contributed by atoms with Crippen molar-refractivity contribution < 1.29 is 28.1 Å². The third kappa shape index (κ3) is 4.90. The first-order valence-corrected chi connectivity index (χ1v) is 16.7. The second-order valence-electron chi connectivity index (χ2n) is 14.1. The molecule has 4 aromatic rings. The van der Waals surface area contributed by atoms with Crippen molar-refractivity contribution >= 4 is 27.5 Å². The molecule has 0 radical (unpaired) electrons. The maximum absolute atomic E-state index is 17.1. The number of piperazine rings is 1. The molecule has 0 spiro atoms. The van der Waals surface area contributed by atoms with Crippen LogP contribution in [0.1, 0.15) is 38.2 Å². The van der Waals surface area contributed by atoms with E-state index in [-0.39, 0.29) is 75.0 Å². The SMILES string of the molecule is C#Cc1c(F)ccc2cc(O)cc(-c3nc4c5c(nc(OCC6(CN7CCO[C@H](C)C7)CC6)nc5c3F)N3C[C@H]5CC[C@H](N5)[C@H]3CO4)c12. The Labute approximate surface area is 276 Å². The molecule has 48 heavy (non-hydrogen) atoms. The molecule has 2 N–H and O–H groups in total. The van der Waals surface area contributed by atoms with Crippen molar-refractivity contribution in [3.05, 3.63) is 41.5 Å². The van der Waals surface area contributed by atoms with Gasteiger partial charge in [-0.3, -0.25) is 4.90 Å².